The van der Waals surface area contributed by atoms with Crippen molar-refractivity contribution in [1.82, 2.24) is 10.2 Å². The van der Waals surface area contributed by atoms with E-state index in [2.05, 4.69) is 5.32 Å². The summed E-state index contributed by atoms with van der Waals surface area (Å²) >= 11 is 0. The maximum absolute atomic E-state index is 13.4. The van der Waals surface area contributed by atoms with Crippen LogP contribution in [0.3, 0.4) is 0 Å². The second kappa shape index (κ2) is 11.1. The number of sulfonamides is 1. The summed E-state index contributed by atoms with van der Waals surface area (Å²) in [6, 6.07) is 10.8. The number of anilines is 1. The number of nitrogens with one attached hydrogen (secondary N) is 1. The average molecular weight is 480 g/mol. The fourth-order valence-corrected chi connectivity index (χ4v) is 4.03. The summed E-state index contributed by atoms with van der Waals surface area (Å²) in [6.45, 7) is 4.70. The first-order valence-corrected chi connectivity index (χ1v) is 12.2. The molecule has 10 heteroatoms. The van der Waals surface area contributed by atoms with Gasteiger partial charge in [-0.15, -0.1) is 0 Å². The van der Waals surface area contributed by atoms with E-state index in [9.17, 15) is 22.4 Å². The van der Waals surface area contributed by atoms with Crippen LogP contribution in [0.5, 0.6) is 5.75 Å². The van der Waals surface area contributed by atoms with Crippen molar-refractivity contribution in [2.75, 3.05) is 24.2 Å². The Morgan fingerprint density at radius 2 is 1.73 bits per heavy atom. The Morgan fingerprint density at radius 1 is 1.09 bits per heavy atom. The molecule has 0 aliphatic carbocycles. The van der Waals surface area contributed by atoms with E-state index in [4.69, 9.17) is 4.74 Å². The number of rotatable bonds is 10. The molecule has 180 valence electrons. The SMILES string of the molecule is COc1cccc(CN(C(=O)CN(c2ccc(F)cc2)S(C)(=O)=O)C(C)C(=O)NC(C)C)c1. The second-order valence-corrected chi connectivity index (χ2v) is 9.87. The molecule has 0 aliphatic rings. The van der Waals surface area contributed by atoms with E-state index >= 15 is 0 Å². The van der Waals surface area contributed by atoms with Crippen molar-refractivity contribution < 1.29 is 27.1 Å². The summed E-state index contributed by atoms with van der Waals surface area (Å²) in [5.74, 6) is -0.895. The number of hydrogen-bond donors (Lipinski definition) is 1. The topological polar surface area (TPSA) is 96.0 Å². The number of carbonyl (C=O) groups excluding carboxylic acids is 2. The number of ether oxygens (including phenoxy) is 1. The lowest BCUT2D eigenvalue weighted by molar-refractivity contribution is -0.139. The Morgan fingerprint density at radius 3 is 2.27 bits per heavy atom. The zero-order valence-corrected chi connectivity index (χ0v) is 20.2. The number of hydrogen-bond acceptors (Lipinski definition) is 5. The van der Waals surface area contributed by atoms with Gasteiger partial charge in [0.1, 0.15) is 24.2 Å². The van der Waals surface area contributed by atoms with Crippen molar-refractivity contribution in [3.8, 4) is 5.75 Å². The fraction of sp³-hybridized carbons (Fsp3) is 0.391. The van der Waals surface area contributed by atoms with E-state index in [0.29, 0.717) is 11.3 Å². The highest BCUT2D eigenvalue weighted by atomic mass is 32.2. The van der Waals surface area contributed by atoms with E-state index in [1.807, 2.05) is 0 Å². The molecule has 0 spiro atoms. The third-order valence-electron chi connectivity index (χ3n) is 4.88. The van der Waals surface area contributed by atoms with Gasteiger partial charge in [0, 0.05) is 12.6 Å². The van der Waals surface area contributed by atoms with Gasteiger partial charge >= 0.3 is 0 Å². The lowest BCUT2D eigenvalue weighted by atomic mass is 10.1. The lowest BCUT2D eigenvalue weighted by Gasteiger charge is -2.32. The number of halogens is 1. The van der Waals surface area contributed by atoms with Gasteiger partial charge in [0.05, 0.1) is 19.1 Å². The standard InChI is InChI=1S/C23H30FN3O5S/c1-16(2)25-23(29)17(3)26(14-18-7-6-8-21(13-18)32-4)22(28)15-27(33(5,30)31)20-11-9-19(24)10-12-20/h6-13,16-17H,14-15H2,1-5H3,(H,25,29). The highest BCUT2D eigenvalue weighted by Gasteiger charge is 2.30. The van der Waals surface area contributed by atoms with Crippen molar-refractivity contribution in [2.45, 2.75) is 39.4 Å². The fourth-order valence-electron chi connectivity index (χ4n) is 3.18. The van der Waals surface area contributed by atoms with Gasteiger partial charge in [-0.2, -0.15) is 0 Å². The molecule has 0 aliphatic heterocycles. The van der Waals surface area contributed by atoms with Crippen molar-refractivity contribution >= 4 is 27.5 Å². The molecule has 0 fully saturated rings. The summed E-state index contributed by atoms with van der Waals surface area (Å²) in [4.78, 5) is 27.4. The van der Waals surface area contributed by atoms with E-state index in [1.54, 1.807) is 45.0 Å². The van der Waals surface area contributed by atoms with Crippen molar-refractivity contribution in [3.05, 3.63) is 59.9 Å². The maximum atomic E-state index is 13.4. The Balaban J connectivity index is 2.39. The van der Waals surface area contributed by atoms with Crippen molar-refractivity contribution in [2.24, 2.45) is 0 Å². The minimum absolute atomic E-state index is 0.0593. The molecule has 2 rings (SSSR count). The highest BCUT2D eigenvalue weighted by molar-refractivity contribution is 7.92. The van der Waals surface area contributed by atoms with Gasteiger partial charge in [-0.05, 0) is 62.7 Å². The molecule has 0 aromatic heterocycles. The van der Waals surface area contributed by atoms with Crippen LogP contribution in [0.2, 0.25) is 0 Å². The molecule has 0 saturated heterocycles. The third-order valence-corrected chi connectivity index (χ3v) is 6.02. The molecule has 2 aromatic rings. The third kappa shape index (κ3) is 7.45. The van der Waals surface area contributed by atoms with Crippen LogP contribution >= 0.6 is 0 Å². The largest absolute Gasteiger partial charge is 0.497 e. The van der Waals surface area contributed by atoms with Crippen LogP contribution in [0.15, 0.2) is 48.5 Å². The van der Waals surface area contributed by atoms with E-state index in [1.165, 1.54) is 24.1 Å². The van der Waals surface area contributed by atoms with Crippen LogP contribution < -0.4 is 14.4 Å². The first-order chi connectivity index (χ1) is 15.4. The highest BCUT2D eigenvalue weighted by Crippen LogP contribution is 2.20. The summed E-state index contributed by atoms with van der Waals surface area (Å²) < 4.78 is 44.3. The maximum Gasteiger partial charge on any atom is 0.244 e. The molecular weight excluding hydrogens is 449 g/mol. The van der Waals surface area contributed by atoms with Gasteiger partial charge in [0.2, 0.25) is 21.8 Å². The molecule has 1 unspecified atom stereocenters. The minimum atomic E-state index is -3.87. The van der Waals surface area contributed by atoms with Gasteiger partial charge < -0.3 is 15.0 Å². The van der Waals surface area contributed by atoms with Crippen LogP contribution in [-0.2, 0) is 26.2 Å². The summed E-state index contributed by atoms with van der Waals surface area (Å²) in [5, 5.41) is 2.78. The number of nitrogens with zero attached hydrogens (tertiary/aromatic N) is 2. The van der Waals surface area contributed by atoms with Crippen molar-refractivity contribution in [3.63, 3.8) is 0 Å². The Bertz CT molecular complexity index is 1070. The Hall–Kier alpha value is -3.14. The van der Waals surface area contributed by atoms with E-state index in [0.717, 1.165) is 22.7 Å². The normalized spacial score (nSPS) is 12.2. The average Bonchev–Trinajstić information content (AvgIpc) is 2.74. The quantitative estimate of drug-likeness (QED) is 0.565. The van der Waals surface area contributed by atoms with E-state index in [-0.39, 0.29) is 24.2 Å². The zero-order valence-electron chi connectivity index (χ0n) is 19.4. The Kier molecular flexibility index (Phi) is 8.81. The molecule has 33 heavy (non-hydrogen) atoms. The molecule has 8 nitrogen and oxygen atoms in total. The summed E-state index contributed by atoms with van der Waals surface area (Å²) in [6.07, 6.45) is 0.963. The van der Waals surface area contributed by atoms with Crippen LogP contribution in [0, 0.1) is 5.82 Å². The summed E-state index contributed by atoms with van der Waals surface area (Å²) in [7, 11) is -2.34. The minimum Gasteiger partial charge on any atom is -0.497 e. The first kappa shape index (κ1) is 26.1. The van der Waals surface area contributed by atoms with Crippen LogP contribution in [0.1, 0.15) is 26.3 Å². The van der Waals surface area contributed by atoms with Gasteiger partial charge in [0.25, 0.3) is 0 Å². The zero-order chi connectivity index (χ0) is 24.8. The van der Waals surface area contributed by atoms with Crippen LogP contribution in [-0.4, -0.2) is 57.1 Å². The van der Waals surface area contributed by atoms with Gasteiger partial charge in [-0.3, -0.25) is 13.9 Å². The second-order valence-electron chi connectivity index (χ2n) is 7.96. The smallest absolute Gasteiger partial charge is 0.244 e. The first-order valence-electron chi connectivity index (χ1n) is 10.4. The predicted octanol–water partition coefficient (Wildman–Crippen LogP) is 2.54. The molecule has 0 bridgehead atoms. The number of methoxy groups -OCH3 is 1. The van der Waals surface area contributed by atoms with Crippen molar-refractivity contribution in [1.29, 1.82) is 0 Å². The van der Waals surface area contributed by atoms with Crippen LogP contribution in [0.4, 0.5) is 10.1 Å². The molecule has 0 radical (unpaired) electrons. The molecule has 2 amide bonds. The molecule has 0 saturated carbocycles. The lowest BCUT2D eigenvalue weighted by Crippen LogP contribution is -2.52. The molecule has 2 aromatic carbocycles. The number of benzene rings is 2. The van der Waals surface area contributed by atoms with Gasteiger partial charge in [-0.25, -0.2) is 12.8 Å². The molecular formula is C23H30FN3O5S. The Labute approximate surface area is 194 Å². The predicted molar refractivity (Wildman–Crippen MR) is 125 cm³/mol. The van der Waals surface area contributed by atoms with Crippen LogP contribution in [0.25, 0.3) is 0 Å². The summed E-state index contributed by atoms with van der Waals surface area (Å²) in [5.41, 5.74) is 0.854. The monoisotopic (exact) mass is 479 g/mol. The number of carbonyl (C=O) groups is 2. The molecule has 1 N–H and O–H groups in total. The van der Waals surface area contributed by atoms with Gasteiger partial charge in [-0.1, -0.05) is 12.1 Å². The molecule has 0 heterocycles. The van der Waals surface area contributed by atoms with E-state index < -0.39 is 34.3 Å². The molecule has 1 atom stereocenters. The number of amides is 2. The van der Waals surface area contributed by atoms with Gasteiger partial charge in [0.15, 0.2) is 0 Å².